The van der Waals surface area contributed by atoms with Crippen molar-refractivity contribution in [2.45, 2.75) is 33.1 Å². The standard InChI is InChI=1S/C8H16NO2/c1-3-5-8(10)9-7-11-6-4-2/h7H,3-6H2,1-2H3,(H,9,10). The summed E-state index contributed by atoms with van der Waals surface area (Å²) in [5.41, 5.74) is 0. The van der Waals surface area contributed by atoms with Gasteiger partial charge < -0.3 is 10.1 Å². The molecule has 0 aliphatic carbocycles. The van der Waals surface area contributed by atoms with E-state index in [2.05, 4.69) is 5.32 Å². The third-order valence-corrected chi connectivity index (χ3v) is 1.10. The van der Waals surface area contributed by atoms with Crippen LogP contribution >= 0.6 is 0 Å². The van der Waals surface area contributed by atoms with Crippen molar-refractivity contribution in [3.8, 4) is 0 Å². The summed E-state index contributed by atoms with van der Waals surface area (Å²) in [5.74, 6) is 0.0172. The predicted molar refractivity (Wildman–Crippen MR) is 43.6 cm³/mol. The lowest BCUT2D eigenvalue weighted by Gasteiger charge is -2.02. The number of hydrogen-bond donors (Lipinski definition) is 1. The van der Waals surface area contributed by atoms with Gasteiger partial charge in [-0.3, -0.25) is 4.79 Å². The van der Waals surface area contributed by atoms with Gasteiger partial charge in [-0.25, -0.2) is 0 Å². The number of ether oxygens (including phenoxy) is 1. The Balaban J connectivity index is 3.04. The van der Waals surface area contributed by atoms with Crippen LogP contribution < -0.4 is 5.32 Å². The molecule has 0 heterocycles. The molecule has 1 radical (unpaired) electrons. The summed E-state index contributed by atoms with van der Waals surface area (Å²) in [4.78, 5) is 10.8. The molecule has 3 heteroatoms. The molecule has 0 saturated carbocycles. The van der Waals surface area contributed by atoms with Crippen LogP contribution in [0, 0.1) is 6.73 Å². The van der Waals surface area contributed by atoms with Gasteiger partial charge in [0.2, 0.25) is 5.91 Å². The first-order chi connectivity index (χ1) is 5.31. The largest absolute Gasteiger partial charge is 0.354 e. The smallest absolute Gasteiger partial charge is 0.222 e. The highest BCUT2D eigenvalue weighted by Crippen LogP contribution is 1.87. The second kappa shape index (κ2) is 7.54. The molecule has 0 spiro atoms. The molecule has 0 aromatic rings. The van der Waals surface area contributed by atoms with Gasteiger partial charge in [-0.2, -0.15) is 0 Å². The third kappa shape index (κ3) is 7.33. The topological polar surface area (TPSA) is 38.3 Å². The second-order valence-corrected chi connectivity index (χ2v) is 2.31. The lowest BCUT2D eigenvalue weighted by atomic mass is 10.3. The van der Waals surface area contributed by atoms with E-state index in [0.717, 1.165) is 12.8 Å². The molecule has 0 aromatic carbocycles. The molecule has 0 saturated heterocycles. The van der Waals surface area contributed by atoms with Gasteiger partial charge >= 0.3 is 0 Å². The van der Waals surface area contributed by atoms with Crippen molar-refractivity contribution in [1.82, 2.24) is 5.32 Å². The molecular formula is C8H16NO2. The molecule has 3 nitrogen and oxygen atoms in total. The quantitative estimate of drug-likeness (QED) is 0.594. The van der Waals surface area contributed by atoms with Crippen molar-refractivity contribution in [1.29, 1.82) is 0 Å². The fraction of sp³-hybridized carbons (Fsp3) is 0.750. The maximum atomic E-state index is 10.8. The van der Waals surface area contributed by atoms with E-state index in [4.69, 9.17) is 4.74 Å². The van der Waals surface area contributed by atoms with E-state index in [9.17, 15) is 4.79 Å². The van der Waals surface area contributed by atoms with Crippen LogP contribution in [-0.4, -0.2) is 12.5 Å². The molecule has 0 unspecified atom stereocenters. The van der Waals surface area contributed by atoms with Gasteiger partial charge in [-0.15, -0.1) is 0 Å². The number of hydrogen-bond acceptors (Lipinski definition) is 2. The van der Waals surface area contributed by atoms with Crippen LogP contribution in [0.3, 0.4) is 0 Å². The van der Waals surface area contributed by atoms with Crippen LogP contribution in [-0.2, 0) is 9.53 Å². The fourth-order valence-electron chi connectivity index (χ4n) is 0.583. The lowest BCUT2D eigenvalue weighted by Crippen LogP contribution is -2.21. The normalized spacial score (nSPS) is 9.64. The number of carbonyl (C=O) groups excluding carboxylic acids is 1. The molecular weight excluding hydrogens is 142 g/mol. The van der Waals surface area contributed by atoms with Gasteiger partial charge in [-0.05, 0) is 12.8 Å². The Morgan fingerprint density at radius 1 is 1.45 bits per heavy atom. The molecule has 0 rings (SSSR count). The first-order valence-corrected chi connectivity index (χ1v) is 4.03. The molecule has 0 fully saturated rings. The highest BCUT2D eigenvalue weighted by Gasteiger charge is 1.96. The number of nitrogens with one attached hydrogen (secondary N) is 1. The minimum absolute atomic E-state index is 0.0172. The predicted octanol–water partition coefficient (Wildman–Crippen LogP) is 1.45. The molecule has 1 N–H and O–H groups in total. The van der Waals surface area contributed by atoms with Crippen molar-refractivity contribution >= 4 is 5.91 Å². The van der Waals surface area contributed by atoms with E-state index in [1.165, 1.54) is 6.73 Å². The zero-order valence-corrected chi connectivity index (χ0v) is 7.22. The van der Waals surface area contributed by atoms with Gasteiger partial charge in [0.1, 0.15) is 0 Å². The molecule has 11 heavy (non-hydrogen) atoms. The minimum atomic E-state index is 0.0172. The highest BCUT2D eigenvalue weighted by atomic mass is 16.5. The van der Waals surface area contributed by atoms with Crippen LogP contribution in [0.5, 0.6) is 0 Å². The SMILES string of the molecule is CCCO[CH]NC(=O)CCC. The zero-order valence-electron chi connectivity index (χ0n) is 7.22. The molecule has 0 aliphatic heterocycles. The Labute approximate surface area is 68.1 Å². The van der Waals surface area contributed by atoms with Gasteiger partial charge in [0.15, 0.2) is 6.73 Å². The average molecular weight is 158 g/mol. The Kier molecular flexibility index (Phi) is 7.15. The number of rotatable bonds is 6. The molecule has 0 atom stereocenters. The van der Waals surface area contributed by atoms with Crippen LogP contribution in [0.4, 0.5) is 0 Å². The average Bonchev–Trinajstić information content (AvgIpc) is 1.99. The van der Waals surface area contributed by atoms with E-state index in [-0.39, 0.29) is 5.91 Å². The Morgan fingerprint density at radius 2 is 2.18 bits per heavy atom. The van der Waals surface area contributed by atoms with Crippen LogP contribution in [0.25, 0.3) is 0 Å². The first-order valence-electron chi connectivity index (χ1n) is 4.03. The van der Waals surface area contributed by atoms with Gasteiger partial charge in [0, 0.05) is 13.0 Å². The summed E-state index contributed by atoms with van der Waals surface area (Å²) in [7, 11) is 0. The highest BCUT2D eigenvalue weighted by molar-refractivity contribution is 5.76. The molecule has 0 bridgehead atoms. The van der Waals surface area contributed by atoms with E-state index >= 15 is 0 Å². The summed E-state index contributed by atoms with van der Waals surface area (Å²) >= 11 is 0. The van der Waals surface area contributed by atoms with E-state index in [1.807, 2.05) is 13.8 Å². The van der Waals surface area contributed by atoms with E-state index in [0.29, 0.717) is 13.0 Å². The minimum Gasteiger partial charge on any atom is -0.354 e. The number of carbonyl (C=O) groups is 1. The number of amides is 1. The molecule has 65 valence electrons. The zero-order chi connectivity index (χ0) is 8.53. The van der Waals surface area contributed by atoms with Crippen LogP contribution in [0.2, 0.25) is 0 Å². The molecule has 0 aromatic heterocycles. The summed E-state index contributed by atoms with van der Waals surface area (Å²) in [6.45, 7) is 6.00. The summed E-state index contributed by atoms with van der Waals surface area (Å²) < 4.78 is 4.94. The van der Waals surface area contributed by atoms with Crippen molar-refractivity contribution in [2.75, 3.05) is 6.61 Å². The van der Waals surface area contributed by atoms with Crippen molar-refractivity contribution in [2.24, 2.45) is 0 Å². The van der Waals surface area contributed by atoms with Crippen molar-refractivity contribution in [3.63, 3.8) is 0 Å². The fourth-order valence-corrected chi connectivity index (χ4v) is 0.583. The van der Waals surface area contributed by atoms with Crippen LogP contribution in [0.15, 0.2) is 0 Å². The van der Waals surface area contributed by atoms with Gasteiger partial charge in [0.05, 0.1) is 0 Å². The maximum absolute atomic E-state index is 10.8. The summed E-state index contributed by atoms with van der Waals surface area (Å²) in [6.07, 6.45) is 2.39. The third-order valence-electron chi connectivity index (χ3n) is 1.10. The van der Waals surface area contributed by atoms with Gasteiger partial charge in [0.25, 0.3) is 0 Å². The second-order valence-electron chi connectivity index (χ2n) is 2.31. The Bertz CT molecular complexity index is 104. The van der Waals surface area contributed by atoms with Crippen molar-refractivity contribution < 1.29 is 9.53 Å². The lowest BCUT2D eigenvalue weighted by molar-refractivity contribution is -0.121. The maximum Gasteiger partial charge on any atom is 0.222 e. The summed E-state index contributed by atoms with van der Waals surface area (Å²) in [6, 6.07) is 0. The Hall–Kier alpha value is -0.570. The summed E-state index contributed by atoms with van der Waals surface area (Å²) in [5, 5.41) is 2.53. The van der Waals surface area contributed by atoms with E-state index < -0.39 is 0 Å². The molecule has 0 aliphatic rings. The van der Waals surface area contributed by atoms with Gasteiger partial charge in [-0.1, -0.05) is 13.8 Å². The first kappa shape index (κ1) is 10.4. The monoisotopic (exact) mass is 158 g/mol. The Morgan fingerprint density at radius 3 is 2.73 bits per heavy atom. The van der Waals surface area contributed by atoms with Crippen LogP contribution in [0.1, 0.15) is 33.1 Å². The van der Waals surface area contributed by atoms with Crippen molar-refractivity contribution in [3.05, 3.63) is 6.73 Å². The molecule has 1 amide bonds. The van der Waals surface area contributed by atoms with E-state index in [1.54, 1.807) is 0 Å².